The number of ether oxygens (including phenoxy) is 1. The van der Waals surface area contributed by atoms with Crippen molar-refractivity contribution in [2.24, 2.45) is 0 Å². The lowest BCUT2D eigenvalue weighted by molar-refractivity contribution is 0.159. The standard InChI is InChI=1S/C18H29NO/c1-5-11-19(12-6-2)18-10-7-15-13-16(20-4)8-9-17(15)14(18)3/h8-9,13-14,18H,5-7,10-12H2,1-4H3. The zero-order valence-corrected chi connectivity index (χ0v) is 13.5. The van der Waals surface area contributed by atoms with Crippen molar-refractivity contribution < 1.29 is 4.74 Å². The molecule has 1 aliphatic rings. The van der Waals surface area contributed by atoms with Crippen LogP contribution in [-0.4, -0.2) is 31.1 Å². The molecular weight excluding hydrogens is 246 g/mol. The van der Waals surface area contributed by atoms with Gasteiger partial charge in [-0.25, -0.2) is 0 Å². The number of fused-ring (bicyclic) bond motifs is 1. The van der Waals surface area contributed by atoms with Gasteiger partial charge in [-0.2, -0.15) is 0 Å². The van der Waals surface area contributed by atoms with Crippen LogP contribution in [0.3, 0.4) is 0 Å². The fraction of sp³-hybridized carbons (Fsp3) is 0.667. The Labute approximate surface area is 124 Å². The van der Waals surface area contributed by atoms with E-state index in [0.717, 1.165) is 5.75 Å². The Kier molecular flexibility index (Phi) is 5.47. The van der Waals surface area contributed by atoms with Gasteiger partial charge in [0.15, 0.2) is 0 Å². The van der Waals surface area contributed by atoms with E-state index in [0.29, 0.717) is 12.0 Å². The summed E-state index contributed by atoms with van der Waals surface area (Å²) in [5, 5.41) is 0. The van der Waals surface area contributed by atoms with Crippen LogP contribution in [-0.2, 0) is 6.42 Å². The average Bonchev–Trinajstić information content (AvgIpc) is 2.47. The first-order valence-corrected chi connectivity index (χ1v) is 8.12. The Morgan fingerprint density at radius 1 is 1.20 bits per heavy atom. The van der Waals surface area contributed by atoms with Crippen molar-refractivity contribution in [3.8, 4) is 5.75 Å². The molecule has 2 rings (SSSR count). The highest BCUT2D eigenvalue weighted by Gasteiger charge is 2.30. The van der Waals surface area contributed by atoms with Crippen LogP contribution in [0.2, 0.25) is 0 Å². The summed E-state index contributed by atoms with van der Waals surface area (Å²) in [5.41, 5.74) is 3.01. The fourth-order valence-corrected chi connectivity index (χ4v) is 3.65. The molecule has 0 aromatic heterocycles. The molecule has 0 saturated heterocycles. The van der Waals surface area contributed by atoms with Gasteiger partial charge in [0.05, 0.1) is 7.11 Å². The van der Waals surface area contributed by atoms with Crippen LogP contribution >= 0.6 is 0 Å². The van der Waals surface area contributed by atoms with Gasteiger partial charge >= 0.3 is 0 Å². The van der Waals surface area contributed by atoms with E-state index >= 15 is 0 Å². The molecule has 0 fully saturated rings. The number of aryl methyl sites for hydroxylation is 1. The average molecular weight is 275 g/mol. The highest BCUT2D eigenvalue weighted by Crippen LogP contribution is 2.36. The number of nitrogens with zero attached hydrogens (tertiary/aromatic N) is 1. The van der Waals surface area contributed by atoms with Gasteiger partial charge in [0, 0.05) is 6.04 Å². The Morgan fingerprint density at radius 3 is 2.50 bits per heavy atom. The van der Waals surface area contributed by atoms with E-state index in [2.05, 4.69) is 43.9 Å². The maximum Gasteiger partial charge on any atom is 0.119 e. The Balaban J connectivity index is 2.19. The van der Waals surface area contributed by atoms with Crippen LogP contribution in [0.1, 0.15) is 57.1 Å². The quantitative estimate of drug-likeness (QED) is 0.770. The molecule has 112 valence electrons. The third-order valence-electron chi connectivity index (χ3n) is 4.62. The molecule has 1 aromatic rings. The summed E-state index contributed by atoms with van der Waals surface area (Å²) >= 11 is 0. The summed E-state index contributed by atoms with van der Waals surface area (Å²) in [6.45, 7) is 9.43. The normalized spacial score (nSPS) is 21.9. The molecule has 2 nitrogen and oxygen atoms in total. The van der Waals surface area contributed by atoms with E-state index < -0.39 is 0 Å². The summed E-state index contributed by atoms with van der Waals surface area (Å²) in [6, 6.07) is 7.32. The molecule has 1 aromatic carbocycles. The van der Waals surface area contributed by atoms with E-state index in [1.165, 1.54) is 49.9 Å². The fourth-order valence-electron chi connectivity index (χ4n) is 3.65. The maximum absolute atomic E-state index is 5.36. The molecule has 0 bridgehead atoms. The number of hydrogen-bond donors (Lipinski definition) is 0. The summed E-state index contributed by atoms with van der Waals surface area (Å²) in [6.07, 6.45) is 4.96. The molecule has 2 heteroatoms. The Bertz CT molecular complexity index is 423. The topological polar surface area (TPSA) is 12.5 Å². The lowest BCUT2D eigenvalue weighted by Gasteiger charge is -2.39. The molecule has 0 N–H and O–H groups in total. The number of methoxy groups -OCH3 is 1. The summed E-state index contributed by atoms with van der Waals surface area (Å²) in [4.78, 5) is 2.71. The molecule has 0 saturated carbocycles. The van der Waals surface area contributed by atoms with Gasteiger partial charge in [-0.15, -0.1) is 0 Å². The van der Waals surface area contributed by atoms with Crippen molar-refractivity contribution in [2.45, 2.75) is 58.4 Å². The molecule has 0 spiro atoms. The van der Waals surface area contributed by atoms with Gasteiger partial charge in [-0.05, 0) is 68.0 Å². The third-order valence-corrected chi connectivity index (χ3v) is 4.62. The molecule has 0 amide bonds. The van der Waals surface area contributed by atoms with Gasteiger partial charge < -0.3 is 4.74 Å². The smallest absolute Gasteiger partial charge is 0.119 e. The van der Waals surface area contributed by atoms with Crippen molar-refractivity contribution in [1.82, 2.24) is 4.90 Å². The minimum Gasteiger partial charge on any atom is -0.497 e. The minimum absolute atomic E-state index is 0.628. The predicted molar refractivity (Wildman–Crippen MR) is 85.7 cm³/mol. The Hall–Kier alpha value is -1.02. The summed E-state index contributed by atoms with van der Waals surface area (Å²) in [5.74, 6) is 1.62. The molecule has 0 heterocycles. The minimum atomic E-state index is 0.628. The molecule has 2 atom stereocenters. The molecule has 20 heavy (non-hydrogen) atoms. The lowest BCUT2D eigenvalue weighted by Crippen LogP contribution is -2.42. The molecular formula is C18H29NO. The highest BCUT2D eigenvalue weighted by molar-refractivity contribution is 5.40. The SMILES string of the molecule is CCCN(CCC)C1CCc2cc(OC)ccc2C1C. The first kappa shape index (κ1) is 15.4. The second-order valence-electron chi connectivity index (χ2n) is 6.00. The lowest BCUT2D eigenvalue weighted by atomic mass is 9.79. The van der Waals surface area contributed by atoms with Crippen LogP contribution < -0.4 is 4.74 Å². The van der Waals surface area contributed by atoms with Crippen molar-refractivity contribution in [2.75, 3.05) is 20.2 Å². The largest absolute Gasteiger partial charge is 0.497 e. The van der Waals surface area contributed by atoms with Gasteiger partial charge in [-0.3, -0.25) is 4.90 Å². The molecule has 1 aliphatic carbocycles. The van der Waals surface area contributed by atoms with Crippen LogP contribution in [0.25, 0.3) is 0 Å². The number of rotatable bonds is 6. The van der Waals surface area contributed by atoms with E-state index in [1.54, 1.807) is 7.11 Å². The monoisotopic (exact) mass is 275 g/mol. The van der Waals surface area contributed by atoms with Crippen LogP contribution in [0.4, 0.5) is 0 Å². The van der Waals surface area contributed by atoms with Crippen LogP contribution in [0.5, 0.6) is 5.75 Å². The second kappa shape index (κ2) is 7.12. The number of benzene rings is 1. The first-order valence-electron chi connectivity index (χ1n) is 8.12. The number of hydrogen-bond acceptors (Lipinski definition) is 2. The first-order chi connectivity index (χ1) is 9.71. The second-order valence-corrected chi connectivity index (χ2v) is 6.00. The molecule has 0 radical (unpaired) electrons. The van der Waals surface area contributed by atoms with Crippen molar-refractivity contribution in [3.63, 3.8) is 0 Å². The van der Waals surface area contributed by atoms with Crippen molar-refractivity contribution >= 4 is 0 Å². The predicted octanol–water partition coefficient (Wildman–Crippen LogP) is 4.24. The zero-order chi connectivity index (χ0) is 14.5. The molecule has 0 aliphatic heterocycles. The summed E-state index contributed by atoms with van der Waals surface area (Å²) in [7, 11) is 1.75. The van der Waals surface area contributed by atoms with Gasteiger partial charge in [0.25, 0.3) is 0 Å². The maximum atomic E-state index is 5.36. The van der Waals surface area contributed by atoms with E-state index in [4.69, 9.17) is 4.74 Å². The molecule has 2 unspecified atom stereocenters. The van der Waals surface area contributed by atoms with Gasteiger partial charge in [0.1, 0.15) is 5.75 Å². The van der Waals surface area contributed by atoms with E-state index in [-0.39, 0.29) is 0 Å². The zero-order valence-electron chi connectivity index (χ0n) is 13.5. The van der Waals surface area contributed by atoms with Crippen molar-refractivity contribution in [1.29, 1.82) is 0 Å². The Morgan fingerprint density at radius 2 is 1.90 bits per heavy atom. The summed E-state index contributed by atoms with van der Waals surface area (Å²) < 4.78 is 5.36. The van der Waals surface area contributed by atoms with Crippen molar-refractivity contribution in [3.05, 3.63) is 29.3 Å². The van der Waals surface area contributed by atoms with Gasteiger partial charge in [-0.1, -0.05) is 26.8 Å². The highest BCUT2D eigenvalue weighted by atomic mass is 16.5. The van der Waals surface area contributed by atoms with Gasteiger partial charge in [0.2, 0.25) is 0 Å². The van der Waals surface area contributed by atoms with E-state index in [1.807, 2.05) is 0 Å². The third kappa shape index (κ3) is 3.17. The van der Waals surface area contributed by atoms with Crippen LogP contribution in [0.15, 0.2) is 18.2 Å². The van der Waals surface area contributed by atoms with Crippen LogP contribution in [0, 0.1) is 0 Å². The van der Waals surface area contributed by atoms with E-state index in [9.17, 15) is 0 Å².